The van der Waals surface area contributed by atoms with Gasteiger partial charge in [0.15, 0.2) is 6.61 Å². The standard InChI is InChI=1S/C25H24N2O4/c1-18-9-5-6-10-19(18)15-16-26-23(28)17-31-25(30)21-13-7-8-14-22(21)27-24(29)20-11-3-2-4-12-20/h2-14H,15-17H2,1H3,(H,26,28)(H,27,29). The number of esters is 1. The highest BCUT2D eigenvalue weighted by Crippen LogP contribution is 2.17. The van der Waals surface area contributed by atoms with Gasteiger partial charge in [0.2, 0.25) is 0 Å². The summed E-state index contributed by atoms with van der Waals surface area (Å²) in [5.41, 5.74) is 3.29. The van der Waals surface area contributed by atoms with Gasteiger partial charge in [0.05, 0.1) is 11.3 Å². The summed E-state index contributed by atoms with van der Waals surface area (Å²) in [6.45, 7) is 2.07. The summed E-state index contributed by atoms with van der Waals surface area (Å²) in [4.78, 5) is 36.9. The van der Waals surface area contributed by atoms with E-state index in [1.807, 2.05) is 37.3 Å². The van der Waals surface area contributed by atoms with E-state index in [1.165, 1.54) is 0 Å². The first-order valence-corrected chi connectivity index (χ1v) is 9.98. The zero-order valence-electron chi connectivity index (χ0n) is 17.3. The van der Waals surface area contributed by atoms with Gasteiger partial charge in [-0.15, -0.1) is 0 Å². The zero-order valence-corrected chi connectivity index (χ0v) is 17.3. The van der Waals surface area contributed by atoms with Gasteiger partial charge in [-0.2, -0.15) is 0 Å². The molecule has 0 spiro atoms. The van der Waals surface area contributed by atoms with Crippen molar-refractivity contribution in [1.82, 2.24) is 5.32 Å². The average molecular weight is 416 g/mol. The van der Waals surface area contributed by atoms with Crippen molar-refractivity contribution in [1.29, 1.82) is 0 Å². The molecule has 0 saturated carbocycles. The van der Waals surface area contributed by atoms with Crippen molar-refractivity contribution in [3.05, 3.63) is 101 Å². The molecule has 3 aromatic carbocycles. The zero-order chi connectivity index (χ0) is 22.1. The van der Waals surface area contributed by atoms with Crippen LogP contribution in [0, 0.1) is 6.92 Å². The maximum Gasteiger partial charge on any atom is 0.340 e. The highest BCUT2D eigenvalue weighted by Gasteiger charge is 2.16. The number of carbonyl (C=O) groups excluding carboxylic acids is 3. The molecule has 0 atom stereocenters. The molecule has 2 N–H and O–H groups in total. The molecule has 0 saturated heterocycles. The first-order valence-electron chi connectivity index (χ1n) is 9.98. The van der Waals surface area contributed by atoms with Crippen LogP contribution in [0.2, 0.25) is 0 Å². The predicted octanol–water partition coefficient (Wildman–Crippen LogP) is 3.76. The molecule has 0 unspecified atom stereocenters. The van der Waals surface area contributed by atoms with Gasteiger partial charge in [0.1, 0.15) is 0 Å². The molecule has 0 aliphatic carbocycles. The summed E-state index contributed by atoms with van der Waals surface area (Å²) in [5.74, 6) is -1.40. The fraction of sp³-hybridized carbons (Fsp3) is 0.160. The number of para-hydroxylation sites is 1. The Hall–Kier alpha value is -3.93. The molecular formula is C25H24N2O4. The molecule has 0 aliphatic rings. The monoisotopic (exact) mass is 416 g/mol. The molecular weight excluding hydrogens is 392 g/mol. The Morgan fingerprint density at radius 2 is 1.52 bits per heavy atom. The Labute approximate surface area is 181 Å². The lowest BCUT2D eigenvalue weighted by molar-refractivity contribution is -0.124. The fourth-order valence-corrected chi connectivity index (χ4v) is 3.04. The summed E-state index contributed by atoms with van der Waals surface area (Å²) < 4.78 is 5.14. The van der Waals surface area contributed by atoms with E-state index in [2.05, 4.69) is 10.6 Å². The maximum absolute atomic E-state index is 12.5. The molecule has 0 aliphatic heterocycles. The van der Waals surface area contributed by atoms with Crippen molar-refractivity contribution >= 4 is 23.5 Å². The number of hydrogen-bond donors (Lipinski definition) is 2. The van der Waals surface area contributed by atoms with E-state index < -0.39 is 12.6 Å². The van der Waals surface area contributed by atoms with Gasteiger partial charge in [-0.1, -0.05) is 54.6 Å². The Morgan fingerprint density at radius 3 is 2.29 bits per heavy atom. The van der Waals surface area contributed by atoms with E-state index in [0.717, 1.165) is 11.1 Å². The largest absolute Gasteiger partial charge is 0.452 e. The van der Waals surface area contributed by atoms with Crippen LogP contribution in [0.5, 0.6) is 0 Å². The van der Waals surface area contributed by atoms with E-state index in [9.17, 15) is 14.4 Å². The van der Waals surface area contributed by atoms with Crippen LogP contribution >= 0.6 is 0 Å². The number of rotatable bonds is 8. The lowest BCUT2D eigenvalue weighted by atomic mass is 10.1. The van der Waals surface area contributed by atoms with Gasteiger partial charge in [0.25, 0.3) is 11.8 Å². The van der Waals surface area contributed by atoms with E-state index in [-0.39, 0.29) is 17.4 Å². The molecule has 3 aromatic rings. The number of carbonyl (C=O) groups is 3. The van der Waals surface area contributed by atoms with Gasteiger partial charge in [0, 0.05) is 12.1 Å². The minimum atomic E-state index is -0.682. The Bertz CT molecular complexity index is 1060. The van der Waals surface area contributed by atoms with Crippen LogP contribution in [0.15, 0.2) is 78.9 Å². The van der Waals surface area contributed by atoms with E-state index in [0.29, 0.717) is 24.2 Å². The second kappa shape index (κ2) is 10.7. The molecule has 6 nitrogen and oxygen atoms in total. The first-order chi connectivity index (χ1) is 15.0. The van der Waals surface area contributed by atoms with Crippen LogP contribution in [0.4, 0.5) is 5.69 Å². The fourth-order valence-electron chi connectivity index (χ4n) is 3.04. The maximum atomic E-state index is 12.5. The van der Waals surface area contributed by atoms with E-state index >= 15 is 0 Å². The predicted molar refractivity (Wildman–Crippen MR) is 119 cm³/mol. The highest BCUT2D eigenvalue weighted by molar-refractivity contribution is 6.08. The molecule has 0 heterocycles. The van der Waals surface area contributed by atoms with Crippen LogP contribution in [-0.4, -0.2) is 30.9 Å². The van der Waals surface area contributed by atoms with Crippen LogP contribution in [0.1, 0.15) is 31.8 Å². The molecule has 0 bridgehead atoms. The lowest BCUT2D eigenvalue weighted by Crippen LogP contribution is -2.30. The van der Waals surface area contributed by atoms with Crippen molar-refractivity contribution in [2.75, 3.05) is 18.5 Å². The molecule has 0 aromatic heterocycles. The Balaban J connectivity index is 1.52. The SMILES string of the molecule is Cc1ccccc1CCNC(=O)COC(=O)c1ccccc1NC(=O)c1ccccc1. The van der Waals surface area contributed by atoms with Gasteiger partial charge in [-0.3, -0.25) is 9.59 Å². The average Bonchev–Trinajstić information content (AvgIpc) is 2.79. The number of ether oxygens (including phenoxy) is 1. The van der Waals surface area contributed by atoms with Gasteiger partial charge in [-0.25, -0.2) is 4.79 Å². The van der Waals surface area contributed by atoms with E-state index in [1.54, 1.807) is 48.5 Å². The van der Waals surface area contributed by atoms with Crippen molar-refractivity contribution < 1.29 is 19.1 Å². The topological polar surface area (TPSA) is 84.5 Å². The summed E-state index contributed by atoms with van der Waals surface area (Å²) in [6, 6.07) is 23.2. The van der Waals surface area contributed by atoms with Crippen LogP contribution < -0.4 is 10.6 Å². The molecule has 158 valence electrons. The molecule has 0 fully saturated rings. The second-order valence-corrected chi connectivity index (χ2v) is 6.97. The Kier molecular flexibility index (Phi) is 7.54. The van der Waals surface area contributed by atoms with Crippen molar-refractivity contribution in [2.45, 2.75) is 13.3 Å². The second-order valence-electron chi connectivity index (χ2n) is 6.97. The van der Waals surface area contributed by atoms with Crippen LogP contribution in [0.3, 0.4) is 0 Å². The lowest BCUT2D eigenvalue weighted by Gasteiger charge is -2.11. The summed E-state index contributed by atoms with van der Waals surface area (Å²) in [6.07, 6.45) is 0.695. The Morgan fingerprint density at radius 1 is 0.839 bits per heavy atom. The third-order valence-electron chi connectivity index (χ3n) is 4.74. The normalized spacial score (nSPS) is 10.2. The quantitative estimate of drug-likeness (QED) is 0.548. The van der Waals surface area contributed by atoms with Crippen molar-refractivity contribution in [2.24, 2.45) is 0 Å². The number of hydrogen-bond acceptors (Lipinski definition) is 4. The molecule has 6 heteroatoms. The molecule has 3 rings (SSSR count). The van der Waals surface area contributed by atoms with Gasteiger partial charge < -0.3 is 15.4 Å². The van der Waals surface area contributed by atoms with Gasteiger partial charge >= 0.3 is 5.97 Å². The minimum absolute atomic E-state index is 0.180. The summed E-state index contributed by atoms with van der Waals surface area (Å²) in [5, 5.41) is 5.46. The number of anilines is 1. The van der Waals surface area contributed by atoms with E-state index in [4.69, 9.17) is 4.74 Å². The highest BCUT2D eigenvalue weighted by atomic mass is 16.5. The number of amides is 2. The number of benzene rings is 3. The van der Waals surface area contributed by atoms with Crippen molar-refractivity contribution in [3.8, 4) is 0 Å². The third kappa shape index (κ3) is 6.27. The minimum Gasteiger partial charge on any atom is -0.452 e. The molecule has 0 radical (unpaired) electrons. The number of aryl methyl sites for hydroxylation is 1. The van der Waals surface area contributed by atoms with Crippen LogP contribution in [0.25, 0.3) is 0 Å². The number of nitrogens with one attached hydrogen (secondary N) is 2. The molecule has 2 amide bonds. The van der Waals surface area contributed by atoms with Crippen LogP contribution in [-0.2, 0) is 16.0 Å². The first kappa shape index (κ1) is 21.8. The van der Waals surface area contributed by atoms with Crippen molar-refractivity contribution in [3.63, 3.8) is 0 Å². The molecule has 31 heavy (non-hydrogen) atoms. The van der Waals surface area contributed by atoms with Gasteiger partial charge in [-0.05, 0) is 48.7 Å². The third-order valence-corrected chi connectivity index (χ3v) is 4.74. The smallest absolute Gasteiger partial charge is 0.340 e. The summed E-state index contributed by atoms with van der Waals surface area (Å²) >= 11 is 0. The summed E-state index contributed by atoms with van der Waals surface area (Å²) in [7, 11) is 0.